The number of nitrogens with one attached hydrogen (secondary N) is 2. The van der Waals surface area contributed by atoms with Crippen LogP contribution < -0.4 is 10.6 Å². The summed E-state index contributed by atoms with van der Waals surface area (Å²) in [7, 11) is 1.63. The summed E-state index contributed by atoms with van der Waals surface area (Å²) in [5.74, 6) is -0.0287. The van der Waals surface area contributed by atoms with Gasteiger partial charge in [-0.3, -0.25) is 4.79 Å². The SMILES string of the molecule is CNC(=O)C(C)NCc1cnc2cc(C)nn2c1. The maximum Gasteiger partial charge on any atom is 0.236 e. The highest BCUT2D eigenvalue weighted by Gasteiger charge is 2.10. The highest BCUT2D eigenvalue weighted by Crippen LogP contribution is 2.04. The van der Waals surface area contributed by atoms with E-state index in [1.54, 1.807) is 17.8 Å². The standard InChI is InChI=1S/C12H17N5O/c1-8-4-11-15-6-10(7-17(11)16-8)5-14-9(2)12(18)13-3/h4,6-7,9,14H,5H2,1-3H3,(H,13,18). The summed E-state index contributed by atoms with van der Waals surface area (Å²) in [6.45, 7) is 4.33. The molecule has 2 rings (SSSR count). The van der Waals surface area contributed by atoms with Crippen LogP contribution in [0.3, 0.4) is 0 Å². The van der Waals surface area contributed by atoms with Crippen molar-refractivity contribution in [1.82, 2.24) is 25.2 Å². The topological polar surface area (TPSA) is 71.3 Å². The van der Waals surface area contributed by atoms with Crippen molar-refractivity contribution in [2.45, 2.75) is 26.4 Å². The molecule has 0 aromatic carbocycles. The summed E-state index contributed by atoms with van der Waals surface area (Å²) in [6, 6.07) is 1.69. The van der Waals surface area contributed by atoms with Gasteiger partial charge < -0.3 is 10.6 Å². The molecule has 0 aliphatic carbocycles. The van der Waals surface area contributed by atoms with Crippen molar-refractivity contribution in [3.8, 4) is 0 Å². The van der Waals surface area contributed by atoms with Crippen LogP contribution in [0.1, 0.15) is 18.2 Å². The monoisotopic (exact) mass is 247 g/mol. The molecule has 0 fully saturated rings. The van der Waals surface area contributed by atoms with E-state index in [-0.39, 0.29) is 11.9 Å². The van der Waals surface area contributed by atoms with Crippen molar-refractivity contribution in [3.05, 3.63) is 29.7 Å². The van der Waals surface area contributed by atoms with Crippen LogP contribution in [0, 0.1) is 6.92 Å². The molecule has 1 unspecified atom stereocenters. The highest BCUT2D eigenvalue weighted by molar-refractivity contribution is 5.80. The number of hydrogen-bond donors (Lipinski definition) is 2. The van der Waals surface area contributed by atoms with Crippen molar-refractivity contribution < 1.29 is 4.79 Å². The molecule has 18 heavy (non-hydrogen) atoms. The lowest BCUT2D eigenvalue weighted by Crippen LogP contribution is -2.40. The van der Waals surface area contributed by atoms with Gasteiger partial charge in [-0.2, -0.15) is 5.10 Å². The second kappa shape index (κ2) is 5.14. The molecule has 2 aromatic heterocycles. The van der Waals surface area contributed by atoms with Gasteiger partial charge in [-0.05, 0) is 13.8 Å². The quantitative estimate of drug-likeness (QED) is 0.813. The van der Waals surface area contributed by atoms with Gasteiger partial charge in [0.2, 0.25) is 5.91 Å². The molecule has 0 saturated heterocycles. The molecule has 6 heteroatoms. The first-order valence-electron chi connectivity index (χ1n) is 5.86. The van der Waals surface area contributed by atoms with Crippen LogP contribution in [0.4, 0.5) is 0 Å². The number of rotatable bonds is 4. The lowest BCUT2D eigenvalue weighted by atomic mass is 10.2. The number of carbonyl (C=O) groups excluding carboxylic acids is 1. The van der Waals surface area contributed by atoms with Gasteiger partial charge in [-0.1, -0.05) is 0 Å². The van der Waals surface area contributed by atoms with Gasteiger partial charge >= 0.3 is 0 Å². The summed E-state index contributed by atoms with van der Waals surface area (Å²) in [4.78, 5) is 15.6. The lowest BCUT2D eigenvalue weighted by Gasteiger charge is -2.11. The third kappa shape index (κ3) is 2.65. The van der Waals surface area contributed by atoms with Gasteiger partial charge in [-0.15, -0.1) is 0 Å². The average molecular weight is 247 g/mol. The molecule has 96 valence electrons. The lowest BCUT2D eigenvalue weighted by molar-refractivity contribution is -0.122. The van der Waals surface area contributed by atoms with Crippen molar-refractivity contribution in [1.29, 1.82) is 0 Å². The molecule has 2 aromatic rings. The van der Waals surface area contributed by atoms with Crippen LogP contribution in [-0.4, -0.2) is 33.6 Å². The predicted molar refractivity (Wildman–Crippen MR) is 68.1 cm³/mol. The Balaban J connectivity index is 2.05. The van der Waals surface area contributed by atoms with Crippen LogP contribution in [0.15, 0.2) is 18.5 Å². The molecule has 0 aliphatic rings. The maximum atomic E-state index is 11.3. The van der Waals surface area contributed by atoms with Gasteiger partial charge in [-0.25, -0.2) is 9.50 Å². The van der Waals surface area contributed by atoms with Crippen molar-refractivity contribution in [2.24, 2.45) is 0 Å². The zero-order valence-corrected chi connectivity index (χ0v) is 10.8. The number of likely N-dealkylation sites (N-methyl/N-ethyl adjacent to an activating group) is 1. The Kier molecular flexibility index (Phi) is 3.57. The Morgan fingerprint density at radius 2 is 2.33 bits per heavy atom. The zero-order valence-electron chi connectivity index (χ0n) is 10.8. The molecule has 1 amide bonds. The van der Waals surface area contributed by atoms with Crippen molar-refractivity contribution in [2.75, 3.05) is 7.05 Å². The number of aryl methyl sites for hydroxylation is 1. The van der Waals surface area contributed by atoms with Crippen LogP contribution in [0.2, 0.25) is 0 Å². The normalized spacial score (nSPS) is 12.6. The van der Waals surface area contributed by atoms with Gasteiger partial charge in [0.15, 0.2) is 5.65 Å². The predicted octanol–water partition coefficient (Wildman–Crippen LogP) is 0.262. The Bertz CT molecular complexity index is 563. The maximum absolute atomic E-state index is 11.3. The Labute approximate surface area is 105 Å². The molecule has 0 aliphatic heterocycles. The Hall–Kier alpha value is -1.95. The summed E-state index contributed by atoms with van der Waals surface area (Å²) in [5.41, 5.74) is 2.75. The first kappa shape index (κ1) is 12.5. The van der Waals surface area contributed by atoms with E-state index in [0.717, 1.165) is 16.9 Å². The van der Waals surface area contributed by atoms with E-state index in [2.05, 4.69) is 20.7 Å². The van der Waals surface area contributed by atoms with Crippen LogP contribution >= 0.6 is 0 Å². The van der Waals surface area contributed by atoms with E-state index in [0.29, 0.717) is 6.54 Å². The van der Waals surface area contributed by atoms with E-state index in [9.17, 15) is 4.79 Å². The minimum Gasteiger partial charge on any atom is -0.358 e. The van der Waals surface area contributed by atoms with E-state index in [4.69, 9.17) is 0 Å². The van der Waals surface area contributed by atoms with Gasteiger partial charge in [0.1, 0.15) is 0 Å². The number of amides is 1. The Morgan fingerprint density at radius 3 is 3.06 bits per heavy atom. The van der Waals surface area contributed by atoms with Crippen molar-refractivity contribution in [3.63, 3.8) is 0 Å². The van der Waals surface area contributed by atoms with E-state index >= 15 is 0 Å². The number of aromatic nitrogens is 3. The van der Waals surface area contributed by atoms with Crippen LogP contribution in [0.5, 0.6) is 0 Å². The molecular weight excluding hydrogens is 230 g/mol. The molecular formula is C12H17N5O. The summed E-state index contributed by atoms with van der Waals surface area (Å²) in [6.07, 6.45) is 3.71. The first-order chi connectivity index (χ1) is 8.60. The molecule has 0 bridgehead atoms. The fourth-order valence-electron chi connectivity index (χ4n) is 1.71. The minimum atomic E-state index is -0.231. The highest BCUT2D eigenvalue weighted by atomic mass is 16.2. The molecule has 0 saturated carbocycles. The van der Waals surface area contributed by atoms with Crippen LogP contribution in [-0.2, 0) is 11.3 Å². The summed E-state index contributed by atoms with van der Waals surface area (Å²) in [5, 5.41) is 10.0. The number of hydrogen-bond acceptors (Lipinski definition) is 4. The number of carbonyl (C=O) groups is 1. The second-order valence-corrected chi connectivity index (χ2v) is 4.27. The molecule has 2 heterocycles. The third-order valence-electron chi connectivity index (χ3n) is 2.74. The zero-order chi connectivity index (χ0) is 13.1. The van der Waals surface area contributed by atoms with Gasteiger partial charge in [0.05, 0.1) is 11.7 Å². The minimum absolute atomic E-state index is 0.0287. The molecule has 0 spiro atoms. The van der Waals surface area contributed by atoms with Crippen molar-refractivity contribution >= 4 is 11.6 Å². The number of nitrogens with zero attached hydrogens (tertiary/aromatic N) is 3. The number of fused-ring (bicyclic) bond motifs is 1. The fourth-order valence-corrected chi connectivity index (χ4v) is 1.71. The first-order valence-corrected chi connectivity index (χ1v) is 5.86. The van der Waals surface area contributed by atoms with E-state index in [1.807, 2.05) is 26.1 Å². The van der Waals surface area contributed by atoms with Gasteiger partial charge in [0.25, 0.3) is 0 Å². The van der Waals surface area contributed by atoms with Gasteiger partial charge in [0, 0.05) is 37.6 Å². The molecule has 6 nitrogen and oxygen atoms in total. The largest absolute Gasteiger partial charge is 0.358 e. The third-order valence-corrected chi connectivity index (χ3v) is 2.74. The Morgan fingerprint density at radius 1 is 1.56 bits per heavy atom. The molecule has 2 N–H and O–H groups in total. The summed E-state index contributed by atoms with van der Waals surface area (Å²) >= 11 is 0. The van der Waals surface area contributed by atoms with Crippen LogP contribution in [0.25, 0.3) is 5.65 Å². The molecule has 1 atom stereocenters. The van der Waals surface area contributed by atoms with E-state index < -0.39 is 0 Å². The summed E-state index contributed by atoms with van der Waals surface area (Å²) < 4.78 is 1.75. The smallest absolute Gasteiger partial charge is 0.236 e. The fraction of sp³-hybridized carbons (Fsp3) is 0.417. The molecule has 0 radical (unpaired) electrons. The second-order valence-electron chi connectivity index (χ2n) is 4.27. The average Bonchev–Trinajstić information content (AvgIpc) is 2.74. The van der Waals surface area contributed by atoms with E-state index in [1.165, 1.54) is 0 Å².